The van der Waals surface area contributed by atoms with E-state index in [1.165, 1.54) is 0 Å². The van der Waals surface area contributed by atoms with Gasteiger partial charge in [0, 0.05) is 0 Å². The van der Waals surface area contributed by atoms with Crippen molar-refractivity contribution in [3.05, 3.63) is 59.7 Å². The largest absolute Gasteiger partial charge is 0.508 e. The zero-order valence-corrected chi connectivity index (χ0v) is 9.80. The predicted molar refractivity (Wildman–Crippen MR) is 68.3 cm³/mol. The molecule has 2 rings (SSSR count). The first kappa shape index (κ1) is 11.5. The maximum atomic E-state index is 9.71. The number of hydrogen-bond acceptors (Lipinski definition) is 2. The summed E-state index contributed by atoms with van der Waals surface area (Å²) in [6.45, 7) is 2.11. The summed E-state index contributed by atoms with van der Waals surface area (Å²) in [7, 11) is 0. The third-order valence-electron chi connectivity index (χ3n) is 2.98. The molecule has 0 aliphatic heterocycles. The number of para-hydroxylation sites is 1. The highest BCUT2D eigenvalue weighted by molar-refractivity contribution is 5.35. The molecule has 0 saturated heterocycles. The quantitative estimate of drug-likeness (QED) is 0.844. The van der Waals surface area contributed by atoms with Gasteiger partial charge in [-0.05, 0) is 41.7 Å². The summed E-state index contributed by atoms with van der Waals surface area (Å²) in [4.78, 5) is 0. The Balaban J connectivity index is 2.14. The third kappa shape index (κ3) is 2.78. The van der Waals surface area contributed by atoms with Crippen molar-refractivity contribution < 1.29 is 10.2 Å². The number of aromatic hydroxyl groups is 2. The van der Waals surface area contributed by atoms with Crippen molar-refractivity contribution in [1.29, 1.82) is 0 Å². The Kier molecular flexibility index (Phi) is 3.33. The molecule has 0 aliphatic rings. The number of rotatable bonds is 3. The molecule has 0 fully saturated rings. The number of hydrogen-bond donors (Lipinski definition) is 2. The van der Waals surface area contributed by atoms with Crippen molar-refractivity contribution in [2.45, 2.75) is 19.3 Å². The second-order valence-corrected chi connectivity index (χ2v) is 4.33. The van der Waals surface area contributed by atoms with Crippen LogP contribution < -0.4 is 0 Å². The zero-order chi connectivity index (χ0) is 12.3. The summed E-state index contributed by atoms with van der Waals surface area (Å²) in [5.41, 5.74) is 2.11. The maximum absolute atomic E-state index is 9.71. The molecule has 0 saturated carbocycles. The van der Waals surface area contributed by atoms with Crippen molar-refractivity contribution >= 4 is 0 Å². The van der Waals surface area contributed by atoms with Gasteiger partial charge < -0.3 is 10.2 Å². The molecule has 2 aromatic rings. The highest BCUT2D eigenvalue weighted by Crippen LogP contribution is 2.26. The fourth-order valence-electron chi connectivity index (χ4n) is 1.93. The van der Waals surface area contributed by atoms with Crippen LogP contribution in [0.2, 0.25) is 0 Å². The van der Waals surface area contributed by atoms with Crippen LogP contribution in [0.25, 0.3) is 0 Å². The van der Waals surface area contributed by atoms with Crippen molar-refractivity contribution in [1.82, 2.24) is 0 Å². The van der Waals surface area contributed by atoms with Crippen LogP contribution in [0.3, 0.4) is 0 Å². The molecule has 1 unspecified atom stereocenters. The van der Waals surface area contributed by atoms with Gasteiger partial charge in [-0.15, -0.1) is 0 Å². The van der Waals surface area contributed by atoms with Gasteiger partial charge in [-0.3, -0.25) is 0 Å². The van der Waals surface area contributed by atoms with Crippen molar-refractivity contribution in [2.24, 2.45) is 0 Å². The topological polar surface area (TPSA) is 40.5 Å². The van der Waals surface area contributed by atoms with E-state index in [-0.39, 0.29) is 5.75 Å². The van der Waals surface area contributed by atoms with E-state index in [4.69, 9.17) is 0 Å². The lowest BCUT2D eigenvalue weighted by Gasteiger charge is -2.13. The molecule has 2 N–H and O–H groups in total. The van der Waals surface area contributed by atoms with Gasteiger partial charge in [0.1, 0.15) is 11.5 Å². The molecule has 0 spiro atoms. The van der Waals surface area contributed by atoms with Gasteiger partial charge >= 0.3 is 0 Å². The Morgan fingerprint density at radius 1 is 0.941 bits per heavy atom. The van der Waals surface area contributed by atoms with Gasteiger partial charge in [0.25, 0.3) is 0 Å². The van der Waals surface area contributed by atoms with E-state index >= 15 is 0 Å². The summed E-state index contributed by atoms with van der Waals surface area (Å²) in [6.07, 6.45) is 0.789. The Labute approximate surface area is 101 Å². The Bertz CT molecular complexity index is 489. The van der Waals surface area contributed by atoms with Gasteiger partial charge in [0.2, 0.25) is 0 Å². The zero-order valence-electron chi connectivity index (χ0n) is 9.80. The third-order valence-corrected chi connectivity index (χ3v) is 2.98. The molecule has 1 atom stereocenters. The van der Waals surface area contributed by atoms with E-state index in [9.17, 15) is 10.2 Å². The van der Waals surface area contributed by atoms with Crippen LogP contribution in [0.5, 0.6) is 11.5 Å². The molecule has 17 heavy (non-hydrogen) atoms. The van der Waals surface area contributed by atoms with Crippen LogP contribution in [0.15, 0.2) is 48.5 Å². The average Bonchev–Trinajstić information content (AvgIpc) is 2.33. The van der Waals surface area contributed by atoms with Crippen molar-refractivity contribution in [3.8, 4) is 11.5 Å². The molecule has 0 bridgehead atoms. The van der Waals surface area contributed by atoms with E-state index in [1.807, 2.05) is 30.3 Å². The fraction of sp³-hybridized carbons (Fsp3) is 0.200. The van der Waals surface area contributed by atoms with E-state index in [1.54, 1.807) is 18.2 Å². The summed E-state index contributed by atoms with van der Waals surface area (Å²) in [5.74, 6) is 0.936. The average molecular weight is 228 g/mol. The van der Waals surface area contributed by atoms with Crippen LogP contribution in [0.4, 0.5) is 0 Å². The smallest absolute Gasteiger partial charge is 0.118 e. The van der Waals surface area contributed by atoms with E-state index in [0.717, 1.165) is 17.5 Å². The minimum absolute atomic E-state index is 0.281. The number of phenolic OH excluding ortho intramolecular Hbond substituents is 2. The summed E-state index contributed by atoms with van der Waals surface area (Å²) in [6, 6.07) is 14.6. The molecule has 0 aliphatic carbocycles. The molecular formula is C15H16O2. The van der Waals surface area contributed by atoms with Gasteiger partial charge in [0.15, 0.2) is 0 Å². The molecule has 0 aromatic heterocycles. The molecule has 2 aromatic carbocycles. The Morgan fingerprint density at radius 2 is 1.59 bits per heavy atom. The molecular weight excluding hydrogens is 212 g/mol. The highest BCUT2D eigenvalue weighted by atomic mass is 16.3. The Morgan fingerprint density at radius 3 is 2.24 bits per heavy atom. The normalized spacial score (nSPS) is 12.3. The minimum Gasteiger partial charge on any atom is -0.508 e. The van der Waals surface area contributed by atoms with Crippen LogP contribution in [-0.4, -0.2) is 10.2 Å². The second-order valence-electron chi connectivity index (χ2n) is 4.33. The lowest BCUT2D eigenvalue weighted by atomic mass is 9.93. The summed E-state index contributed by atoms with van der Waals surface area (Å²) in [5, 5.41) is 18.9. The van der Waals surface area contributed by atoms with E-state index in [0.29, 0.717) is 11.7 Å². The molecule has 0 heterocycles. The van der Waals surface area contributed by atoms with E-state index in [2.05, 4.69) is 6.92 Å². The monoisotopic (exact) mass is 228 g/mol. The fourth-order valence-corrected chi connectivity index (χ4v) is 1.93. The van der Waals surface area contributed by atoms with Crippen LogP contribution in [0.1, 0.15) is 24.0 Å². The first-order valence-electron chi connectivity index (χ1n) is 5.72. The SMILES string of the molecule is CC(Cc1ccccc1O)c1ccc(O)cc1. The predicted octanol–water partition coefficient (Wildman–Crippen LogP) is 3.44. The van der Waals surface area contributed by atoms with Crippen LogP contribution >= 0.6 is 0 Å². The van der Waals surface area contributed by atoms with Gasteiger partial charge in [-0.2, -0.15) is 0 Å². The standard InChI is InChI=1S/C15H16O2/c1-11(12-6-8-14(16)9-7-12)10-13-4-2-3-5-15(13)17/h2-9,11,16-17H,10H2,1H3. The second kappa shape index (κ2) is 4.91. The highest BCUT2D eigenvalue weighted by Gasteiger charge is 2.09. The lowest BCUT2D eigenvalue weighted by Crippen LogP contribution is -1.98. The van der Waals surface area contributed by atoms with Crippen molar-refractivity contribution in [2.75, 3.05) is 0 Å². The van der Waals surface area contributed by atoms with E-state index < -0.39 is 0 Å². The first-order valence-corrected chi connectivity index (χ1v) is 5.72. The van der Waals surface area contributed by atoms with Crippen LogP contribution in [-0.2, 0) is 6.42 Å². The molecule has 2 heteroatoms. The van der Waals surface area contributed by atoms with Crippen molar-refractivity contribution in [3.63, 3.8) is 0 Å². The maximum Gasteiger partial charge on any atom is 0.118 e. The Hall–Kier alpha value is -1.96. The first-order chi connectivity index (χ1) is 8.16. The van der Waals surface area contributed by atoms with Gasteiger partial charge in [-0.25, -0.2) is 0 Å². The molecule has 0 radical (unpaired) electrons. The molecule has 0 amide bonds. The molecule has 88 valence electrons. The van der Waals surface area contributed by atoms with Gasteiger partial charge in [-0.1, -0.05) is 37.3 Å². The number of benzene rings is 2. The summed E-state index contributed by atoms with van der Waals surface area (Å²) < 4.78 is 0. The minimum atomic E-state index is 0.281. The molecule has 2 nitrogen and oxygen atoms in total. The summed E-state index contributed by atoms with van der Waals surface area (Å²) >= 11 is 0. The van der Waals surface area contributed by atoms with Gasteiger partial charge in [0.05, 0.1) is 0 Å². The number of phenols is 2. The lowest BCUT2D eigenvalue weighted by molar-refractivity contribution is 0.465. The van der Waals surface area contributed by atoms with Crippen LogP contribution in [0, 0.1) is 0 Å².